The van der Waals surface area contributed by atoms with Gasteiger partial charge in [0.1, 0.15) is 5.69 Å². The van der Waals surface area contributed by atoms with E-state index >= 15 is 0 Å². The standard InChI is InChI=1S/C18H24N4O2/c1-13(14-6-4-3-5-7-14)20-18-19-10-8-16(21-18)17(23)22-11-9-15(12-22)24-2/h4,6-8,10,13,15H,3,5,9,11-12H2,1-2H3,(H,19,20,21)/t13-,15+/m0/s1. The predicted molar refractivity (Wildman–Crippen MR) is 92.9 cm³/mol. The van der Waals surface area contributed by atoms with Crippen LogP contribution in [0.25, 0.3) is 0 Å². The molecule has 128 valence electrons. The second kappa shape index (κ2) is 7.57. The van der Waals surface area contributed by atoms with Gasteiger partial charge >= 0.3 is 0 Å². The van der Waals surface area contributed by atoms with Gasteiger partial charge in [-0.2, -0.15) is 0 Å². The second-order valence-electron chi connectivity index (χ2n) is 6.21. The summed E-state index contributed by atoms with van der Waals surface area (Å²) < 4.78 is 5.32. The molecular weight excluding hydrogens is 304 g/mol. The van der Waals surface area contributed by atoms with Gasteiger partial charge < -0.3 is 15.0 Å². The van der Waals surface area contributed by atoms with E-state index in [2.05, 4.69) is 40.4 Å². The number of carbonyl (C=O) groups is 1. The van der Waals surface area contributed by atoms with Crippen molar-refractivity contribution in [3.63, 3.8) is 0 Å². The van der Waals surface area contributed by atoms with Crippen LogP contribution in [0.4, 0.5) is 5.95 Å². The topological polar surface area (TPSA) is 67.3 Å². The van der Waals surface area contributed by atoms with Crippen LogP contribution < -0.4 is 5.32 Å². The van der Waals surface area contributed by atoms with Gasteiger partial charge in [-0.3, -0.25) is 4.79 Å². The number of anilines is 1. The summed E-state index contributed by atoms with van der Waals surface area (Å²) in [5, 5.41) is 3.28. The first kappa shape index (κ1) is 16.6. The van der Waals surface area contributed by atoms with Gasteiger partial charge in [-0.25, -0.2) is 9.97 Å². The highest BCUT2D eigenvalue weighted by Crippen LogP contribution is 2.17. The summed E-state index contributed by atoms with van der Waals surface area (Å²) in [5.41, 5.74) is 1.65. The van der Waals surface area contributed by atoms with E-state index in [9.17, 15) is 4.79 Å². The fourth-order valence-corrected chi connectivity index (χ4v) is 3.05. The van der Waals surface area contributed by atoms with E-state index < -0.39 is 0 Å². The minimum absolute atomic E-state index is 0.0653. The van der Waals surface area contributed by atoms with Crippen LogP contribution in [-0.4, -0.2) is 53.1 Å². The smallest absolute Gasteiger partial charge is 0.272 e. The maximum Gasteiger partial charge on any atom is 0.272 e. The zero-order valence-corrected chi connectivity index (χ0v) is 14.2. The molecule has 3 rings (SSSR count). The molecule has 0 saturated carbocycles. The summed E-state index contributed by atoms with van der Waals surface area (Å²) in [6.45, 7) is 3.40. The molecule has 6 nitrogen and oxygen atoms in total. The molecule has 1 fully saturated rings. The Labute approximate surface area is 142 Å². The van der Waals surface area contributed by atoms with E-state index in [0.717, 1.165) is 19.3 Å². The highest BCUT2D eigenvalue weighted by molar-refractivity contribution is 5.92. The number of methoxy groups -OCH3 is 1. The van der Waals surface area contributed by atoms with Crippen LogP contribution in [0.15, 0.2) is 36.1 Å². The molecule has 0 unspecified atom stereocenters. The summed E-state index contributed by atoms with van der Waals surface area (Å²) in [4.78, 5) is 23.0. The normalized spacial score (nSPS) is 21.5. The molecule has 1 saturated heterocycles. The number of amides is 1. The summed E-state index contributed by atoms with van der Waals surface area (Å²) in [6, 6.07) is 1.77. The molecule has 2 aliphatic rings. The van der Waals surface area contributed by atoms with Crippen LogP contribution in [0.5, 0.6) is 0 Å². The van der Waals surface area contributed by atoms with Crippen molar-refractivity contribution >= 4 is 11.9 Å². The highest BCUT2D eigenvalue weighted by atomic mass is 16.5. The zero-order chi connectivity index (χ0) is 16.9. The fraction of sp³-hybridized carbons (Fsp3) is 0.500. The van der Waals surface area contributed by atoms with Gasteiger partial charge in [0.25, 0.3) is 5.91 Å². The van der Waals surface area contributed by atoms with Crippen molar-refractivity contribution in [1.29, 1.82) is 0 Å². The summed E-state index contributed by atoms with van der Waals surface area (Å²) in [7, 11) is 1.68. The molecule has 1 N–H and O–H groups in total. The SMILES string of the molecule is CO[C@@H]1CCN(C(=O)c2ccnc(N[C@@H](C)C3=CCCC=C3)n2)C1. The maximum atomic E-state index is 12.6. The Morgan fingerprint density at radius 1 is 1.46 bits per heavy atom. The number of rotatable bonds is 5. The van der Waals surface area contributed by atoms with Gasteiger partial charge in [0, 0.05) is 26.4 Å². The number of likely N-dealkylation sites (tertiary alicyclic amines) is 1. The average Bonchev–Trinajstić information content (AvgIpc) is 3.11. The van der Waals surface area contributed by atoms with E-state index in [0.29, 0.717) is 24.7 Å². The quantitative estimate of drug-likeness (QED) is 0.899. The third-order valence-corrected chi connectivity index (χ3v) is 4.51. The number of hydrogen-bond donors (Lipinski definition) is 1. The zero-order valence-electron chi connectivity index (χ0n) is 14.2. The Bertz CT molecular complexity index is 656. The molecule has 1 amide bonds. The van der Waals surface area contributed by atoms with Crippen molar-refractivity contribution in [2.24, 2.45) is 0 Å². The largest absolute Gasteiger partial charge is 0.380 e. The summed E-state index contributed by atoms with van der Waals surface area (Å²) in [6.07, 6.45) is 11.3. The molecule has 0 radical (unpaired) electrons. The Morgan fingerprint density at radius 3 is 3.04 bits per heavy atom. The third-order valence-electron chi connectivity index (χ3n) is 4.51. The molecule has 2 atom stereocenters. The lowest BCUT2D eigenvalue weighted by Gasteiger charge is -2.18. The van der Waals surface area contributed by atoms with Crippen LogP contribution in [0.2, 0.25) is 0 Å². The molecular formula is C18H24N4O2. The lowest BCUT2D eigenvalue weighted by molar-refractivity contribution is 0.0719. The van der Waals surface area contributed by atoms with Crippen molar-refractivity contribution in [2.75, 3.05) is 25.5 Å². The number of allylic oxidation sites excluding steroid dienone is 2. The maximum absolute atomic E-state index is 12.6. The predicted octanol–water partition coefficient (Wildman–Crippen LogP) is 2.41. The number of nitrogens with zero attached hydrogens (tertiary/aromatic N) is 3. The third kappa shape index (κ3) is 3.82. The average molecular weight is 328 g/mol. The van der Waals surface area contributed by atoms with E-state index in [1.54, 1.807) is 24.3 Å². The van der Waals surface area contributed by atoms with Gasteiger partial charge in [-0.1, -0.05) is 18.2 Å². The Kier molecular flexibility index (Phi) is 5.25. The minimum atomic E-state index is -0.0653. The lowest BCUT2D eigenvalue weighted by atomic mass is 10.0. The molecule has 1 aliphatic heterocycles. The van der Waals surface area contributed by atoms with Crippen LogP contribution in [0.3, 0.4) is 0 Å². The molecule has 1 aromatic rings. The number of ether oxygens (including phenoxy) is 1. The van der Waals surface area contributed by atoms with Gasteiger partial charge in [-0.15, -0.1) is 0 Å². The Hall–Kier alpha value is -2.21. The summed E-state index contributed by atoms with van der Waals surface area (Å²) >= 11 is 0. The van der Waals surface area contributed by atoms with E-state index in [4.69, 9.17) is 4.74 Å². The number of carbonyl (C=O) groups excluding carboxylic acids is 1. The minimum Gasteiger partial charge on any atom is -0.380 e. The molecule has 0 bridgehead atoms. The fourth-order valence-electron chi connectivity index (χ4n) is 3.05. The van der Waals surface area contributed by atoms with Crippen LogP contribution in [-0.2, 0) is 4.74 Å². The first-order valence-electron chi connectivity index (χ1n) is 8.45. The van der Waals surface area contributed by atoms with E-state index in [1.807, 2.05) is 0 Å². The van der Waals surface area contributed by atoms with Gasteiger partial charge in [0.2, 0.25) is 5.95 Å². The van der Waals surface area contributed by atoms with Gasteiger partial charge in [0.15, 0.2) is 0 Å². The molecule has 0 spiro atoms. The van der Waals surface area contributed by atoms with Crippen molar-refractivity contribution in [1.82, 2.24) is 14.9 Å². The van der Waals surface area contributed by atoms with Crippen LogP contribution >= 0.6 is 0 Å². The molecule has 1 aromatic heterocycles. The summed E-state index contributed by atoms with van der Waals surface area (Å²) in [5.74, 6) is 0.417. The number of aromatic nitrogens is 2. The van der Waals surface area contributed by atoms with Crippen molar-refractivity contribution in [3.8, 4) is 0 Å². The number of nitrogens with one attached hydrogen (secondary N) is 1. The van der Waals surface area contributed by atoms with E-state index in [-0.39, 0.29) is 18.1 Å². The van der Waals surface area contributed by atoms with Crippen molar-refractivity contribution < 1.29 is 9.53 Å². The Morgan fingerprint density at radius 2 is 2.33 bits per heavy atom. The molecule has 24 heavy (non-hydrogen) atoms. The van der Waals surface area contributed by atoms with Crippen molar-refractivity contribution in [2.45, 2.75) is 38.3 Å². The number of hydrogen-bond acceptors (Lipinski definition) is 5. The first-order valence-corrected chi connectivity index (χ1v) is 8.45. The molecule has 1 aliphatic carbocycles. The van der Waals surface area contributed by atoms with E-state index in [1.165, 1.54) is 5.57 Å². The highest BCUT2D eigenvalue weighted by Gasteiger charge is 2.27. The van der Waals surface area contributed by atoms with Gasteiger partial charge in [-0.05, 0) is 37.8 Å². The van der Waals surface area contributed by atoms with Crippen molar-refractivity contribution in [3.05, 3.63) is 41.8 Å². The Balaban J connectivity index is 1.66. The first-order chi connectivity index (χ1) is 11.7. The van der Waals surface area contributed by atoms with Crippen LogP contribution in [0.1, 0.15) is 36.7 Å². The monoisotopic (exact) mass is 328 g/mol. The molecule has 0 aromatic carbocycles. The lowest BCUT2D eigenvalue weighted by Crippen LogP contribution is -2.31. The molecule has 2 heterocycles. The second-order valence-corrected chi connectivity index (χ2v) is 6.21. The van der Waals surface area contributed by atoms with Gasteiger partial charge in [0.05, 0.1) is 12.1 Å². The van der Waals surface area contributed by atoms with Crippen LogP contribution in [0, 0.1) is 0 Å². The molecule has 6 heteroatoms.